The van der Waals surface area contributed by atoms with Crippen molar-refractivity contribution in [3.8, 4) is 0 Å². The summed E-state index contributed by atoms with van der Waals surface area (Å²) in [5, 5.41) is 0. The van der Waals surface area contributed by atoms with Gasteiger partial charge in [0.1, 0.15) is 0 Å². The predicted molar refractivity (Wildman–Crippen MR) is 109 cm³/mol. The molecule has 0 bridgehead atoms. The molecule has 1 aliphatic heterocycles. The molecule has 1 saturated heterocycles. The summed E-state index contributed by atoms with van der Waals surface area (Å²) in [6.45, 7) is 3.52. The van der Waals surface area contributed by atoms with Crippen molar-refractivity contribution in [2.75, 3.05) is 6.61 Å². The van der Waals surface area contributed by atoms with Crippen LogP contribution in [0.2, 0.25) is 0 Å². The average Bonchev–Trinajstić information content (AvgIpc) is 3.64. The van der Waals surface area contributed by atoms with Crippen LogP contribution in [-0.2, 0) is 9.53 Å². The van der Waals surface area contributed by atoms with Crippen LogP contribution in [0.4, 0.5) is 0 Å². The fourth-order valence-corrected chi connectivity index (χ4v) is 10.2. The highest BCUT2D eigenvalue weighted by atomic mass is 16.5. The van der Waals surface area contributed by atoms with E-state index in [1.807, 2.05) is 0 Å². The van der Waals surface area contributed by atoms with Crippen LogP contribution in [-0.4, -0.2) is 18.0 Å². The molecular formula is C26H36O2. The van der Waals surface area contributed by atoms with Crippen molar-refractivity contribution in [3.05, 3.63) is 11.6 Å². The molecule has 9 atom stereocenters. The first-order chi connectivity index (χ1) is 13.7. The number of hydrogen-bond acceptors (Lipinski definition) is 2. The summed E-state index contributed by atoms with van der Waals surface area (Å²) >= 11 is 0. The lowest BCUT2D eigenvalue weighted by atomic mass is 9.45. The maximum Gasteiger partial charge on any atom is 0.155 e. The van der Waals surface area contributed by atoms with E-state index in [2.05, 4.69) is 13.0 Å². The van der Waals surface area contributed by atoms with Gasteiger partial charge in [-0.15, -0.1) is 0 Å². The average molecular weight is 381 g/mol. The first-order valence-corrected chi connectivity index (χ1v) is 12.6. The van der Waals surface area contributed by atoms with E-state index in [1.54, 1.807) is 5.57 Å². The molecule has 1 heterocycles. The molecule has 5 saturated carbocycles. The molecule has 2 nitrogen and oxygen atoms in total. The van der Waals surface area contributed by atoms with E-state index in [0.717, 1.165) is 66.8 Å². The summed E-state index contributed by atoms with van der Waals surface area (Å²) in [4.78, 5) is 12.2. The van der Waals surface area contributed by atoms with Crippen molar-refractivity contribution in [3.63, 3.8) is 0 Å². The van der Waals surface area contributed by atoms with E-state index >= 15 is 0 Å². The highest BCUT2D eigenvalue weighted by Gasteiger charge is 2.78. The smallest absolute Gasteiger partial charge is 0.155 e. The lowest BCUT2D eigenvalue weighted by molar-refractivity contribution is -0.168. The summed E-state index contributed by atoms with van der Waals surface area (Å²) in [5.41, 5.74) is 2.32. The Balaban J connectivity index is 1.33. The maximum absolute atomic E-state index is 12.2. The molecule has 7 rings (SSSR count). The summed E-state index contributed by atoms with van der Waals surface area (Å²) in [5.74, 6) is 7.63. The quantitative estimate of drug-likeness (QED) is 0.627. The van der Waals surface area contributed by atoms with E-state index in [1.165, 1.54) is 57.8 Å². The molecule has 0 aromatic heterocycles. The van der Waals surface area contributed by atoms with Crippen LogP contribution in [0, 0.1) is 52.8 Å². The Morgan fingerprint density at radius 1 is 1.11 bits per heavy atom. The molecule has 0 radical (unpaired) electrons. The molecule has 0 aromatic carbocycles. The van der Waals surface area contributed by atoms with Crippen LogP contribution >= 0.6 is 0 Å². The van der Waals surface area contributed by atoms with Crippen molar-refractivity contribution >= 4 is 5.78 Å². The van der Waals surface area contributed by atoms with Crippen molar-refractivity contribution in [2.24, 2.45) is 52.8 Å². The Morgan fingerprint density at radius 3 is 2.75 bits per heavy atom. The summed E-state index contributed by atoms with van der Waals surface area (Å²) < 4.78 is 6.77. The van der Waals surface area contributed by atoms with Crippen LogP contribution < -0.4 is 0 Å². The summed E-state index contributed by atoms with van der Waals surface area (Å²) in [7, 11) is 0. The number of carbonyl (C=O) groups is 1. The molecule has 0 aromatic rings. The summed E-state index contributed by atoms with van der Waals surface area (Å²) in [6.07, 6.45) is 16.6. The molecule has 0 N–H and O–H groups in total. The monoisotopic (exact) mass is 380 g/mol. The second-order valence-corrected chi connectivity index (χ2v) is 11.7. The van der Waals surface area contributed by atoms with Crippen molar-refractivity contribution in [2.45, 2.75) is 83.2 Å². The number of ketones is 1. The third kappa shape index (κ3) is 1.93. The van der Waals surface area contributed by atoms with Crippen LogP contribution in [0.15, 0.2) is 11.6 Å². The fourth-order valence-electron chi connectivity index (χ4n) is 10.2. The Morgan fingerprint density at radius 2 is 2.00 bits per heavy atom. The number of ether oxygens (including phenoxy) is 1. The Hall–Kier alpha value is -0.630. The van der Waals surface area contributed by atoms with Crippen LogP contribution in [0.5, 0.6) is 0 Å². The van der Waals surface area contributed by atoms with Gasteiger partial charge in [0.05, 0.1) is 5.60 Å². The van der Waals surface area contributed by atoms with Gasteiger partial charge < -0.3 is 4.74 Å². The van der Waals surface area contributed by atoms with Gasteiger partial charge >= 0.3 is 0 Å². The fraction of sp³-hybridized carbons (Fsp3) is 0.885. The minimum atomic E-state index is 0.259. The second kappa shape index (κ2) is 5.54. The second-order valence-electron chi connectivity index (χ2n) is 11.7. The normalized spacial score (nSPS) is 56.7. The molecule has 7 aliphatic rings. The van der Waals surface area contributed by atoms with E-state index in [4.69, 9.17) is 4.74 Å². The van der Waals surface area contributed by atoms with Crippen LogP contribution in [0.1, 0.15) is 77.6 Å². The van der Waals surface area contributed by atoms with Gasteiger partial charge in [0.15, 0.2) is 5.78 Å². The minimum Gasteiger partial charge on any atom is -0.374 e. The molecular weight excluding hydrogens is 344 g/mol. The van der Waals surface area contributed by atoms with E-state index in [9.17, 15) is 4.79 Å². The SMILES string of the molecule is CC[C@]12CC[C@H]3[C@H]([C@@H]1[C@@H]1C[C@@H]1[C@@]21CCCO1)[C@H](C1CC1)CC1=CC(=O)CC[C@@H]13. The number of fused-ring (bicyclic) bond motifs is 9. The Bertz CT molecular complexity index is 742. The van der Waals surface area contributed by atoms with Crippen molar-refractivity contribution in [1.82, 2.24) is 0 Å². The number of rotatable bonds is 2. The number of carbonyl (C=O) groups excluding carboxylic acids is 1. The van der Waals surface area contributed by atoms with Gasteiger partial charge in [0.2, 0.25) is 0 Å². The zero-order chi connectivity index (χ0) is 18.7. The van der Waals surface area contributed by atoms with Gasteiger partial charge in [0, 0.05) is 18.4 Å². The maximum atomic E-state index is 12.2. The Labute approximate surface area is 169 Å². The zero-order valence-corrected chi connectivity index (χ0v) is 17.5. The first-order valence-electron chi connectivity index (χ1n) is 12.6. The van der Waals surface area contributed by atoms with E-state index in [0.29, 0.717) is 11.2 Å². The molecule has 0 amide bonds. The molecule has 152 valence electrons. The molecule has 28 heavy (non-hydrogen) atoms. The first kappa shape index (κ1) is 17.1. The van der Waals surface area contributed by atoms with Gasteiger partial charge in [-0.05, 0) is 118 Å². The predicted octanol–water partition coefficient (Wildman–Crippen LogP) is 5.56. The van der Waals surface area contributed by atoms with Crippen molar-refractivity contribution in [1.29, 1.82) is 0 Å². The van der Waals surface area contributed by atoms with Gasteiger partial charge in [0.25, 0.3) is 0 Å². The van der Waals surface area contributed by atoms with Crippen LogP contribution in [0.25, 0.3) is 0 Å². The van der Waals surface area contributed by atoms with Crippen molar-refractivity contribution < 1.29 is 9.53 Å². The van der Waals surface area contributed by atoms with Gasteiger partial charge in [-0.2, -0.15) is 0 Å². The van der Waals surface area contributed by atoms with Crippen LogP contribution in [0.3, 0.4) is 0 Å². The highest BCUT2D eigenvalue weighted by Crippen LogP contribution is 2.80. The van der Waals surface area contributed by atoms with E-state index in [-0.39, 0.29) is 5.60 Å². The third-order valence-electron chi connectivity index (χ3n) is 11.1. The van der Waals surface area contributed by atoms with Gasteiger partial charge in [-0.3, -0.25) is 4.79 Å². The van der Waals surface area contributed by atoms with Gasteiger partial charge in [-0.1, -0.05) is 12.5 Å². The summed E-state index contributed by atoms with van der Waals surface area (Å²) in [6, 6.07) is 0. The van der Waals surface area contributed by atoms with E-state index < -0.39 is 0 Å². The third-order valence-corrected chi connectivity index (χ3v) is 11.1. The zero-order valence-electron chi connectivity index (χ0n) is 17.5. The number of allylic oxidation sites excluding steroid dienone is 1. The lowest BCUT2D eigenvalue weighted by Gasteiger charge is -2.61. The van der Waals surface area contributed by atoms with Gasteiger partial charge in [-0.25, -0.2) is 0 Å². The largest absolute Gasteiger partial charge is 0.374 e. The molecule has 1 spiro atoms. The standard InChI is InChI=1S/C26H36O2/c1-2-25-10-8-19-18-7-6-17(27)12-16(18)13-20(15-4-5-15)23(19)24(25)21-14-22(21)26(25)9-3-11-28-26/h12,15,18-24H,2-11,13-14H2,1H3/t18-,19+,20-,21+,22-,23-,24-,25-,26-/m0/s1. The lowest BCUT2D eigenvalue weighted by Crippen LogP contribution is -2.58. The highest BCUT2D eigenvalue weighted by molar-refractivity contribution is 5.91. The molecule has 6 fully saturated rings. The number of hydrogen-bond donors (Lipinski definition) is 0. The minimum absolute atomic E-state index is 0.259. The topological polar surface area (TPSA) is 26.3 Å². The Kier molecular flexibility index (Phi) is 3.38. The molecule has 0 unspecified atom stereocenters. The molecule has 2 heteroatoms. The molecule has 6 aliphatic carbocycles.